The molecule has 1 heterocycles. The van der Waals surface area contributed by atoms with Gasteiger partial charge in [-0.2, -0.15) is 0 Å². The van der Waals surface area contributed by atoms with Gasteiger partial charge in [0, 0.05) is 5.69 Å². The van der Waals surface area contributed by atoms with Crippen LogP contribution in [0.3, 0.4) is 0 Å². The van der Waals surface area contributed by atoms with Crippen LogP contribution < -0.4 is 4.72 Å². The number of aryl methyl sites for hydroxylation is 2. The molecule has 1 N–H and O–H groups in total. The molecule has 0 amide bonds. The van der Waals surface area contributed by atoms with E-state index in [-0.39, 0.29) is 4.90 Å². The molecule has 1 aromatic carbocycles. The lowest BCUT2D eigenvalue weighted by molar-refractivity contribution is 0.601. The number of nitrogens with zero attached hydrogens (tertiary/aromatic N) is 1. The topological polar surface area (TPSA) is 59.1 Å². The van der Waals surface area contributed by atoms with E-state index in [2.05, 4.69) is 23.6 Å². The molecular weight excluding hydrogens is 296 g/mol. The van der Waals surface area contributed by atoms with Crippen LogP contribution in [-0.2, 0) is 10.0 Å². The fourth-order valence-electron chi connectivity index (χ4n) is 2.30. The molecule has 0 aliphatic rings. The number of benzene rings is 1. The average molecular weight is 318 g/mol. The summed E-state index contributed by atoms with van der Waals surface area (Å²) >= 11 is 0. The third-order valence-corrected chi connectivity index (χ3v) is 5.08. The Morgan fingerprint density at radius 1 is 1.14 bits per heavy atom. The van der Waals surface area contributed by atoms with E-state index in [9.17, 15) is 8.42 Å². The molecule has 0 fully saturated rings. The molecule has 0 bridgehead atoms. The van der Waals surface area contributed by atoms with Crippen LogP contribution in [0.15, 0.2) is 41.3 Å². The van der Waals surface area contributed by atoms with Gasteiger partial charge >= 0.3 is 0 Å². The van der Waals surface area contributed by atoms with E-state index in [1.165, 1.54) is 0 Å². The SMILES string of the molecule is CCC(C)c1ccc(S(=O)(=O)Nc2cc(C)cc(C)n2)cc1. The van der Waals surface area contributed by atoms with E-state index in [1.54, 1.807) is 18.2 Å². The third-order valence-electron chi connectivity index (χ3n) is 3.71. The molecule has 4 nitrogen and oxygen atoms in total. The largest absolute Gasteiger partial charge is 0.263 e. The molecule has 118 valence electrons. The number of pyridine rings is 1. The van der Waals surface area contributed by atoms with Gasteiger partial charge in [-0.1, -0.05) is 26.0 Å². The van der Waals surface area contributed by atoms with Crippen molar-refractivity contribution in [3.05, 3.63) is 53.2 Å². The standard InChI is InChI=1S/C17H22N2O2S/c1-5-13(3)15-6-8-16(9-7-15)22(20,21)19-17-11-12(2)10-14(4)18-17/h6-11,13H,5H2,1-4H3,(H,18,19). The van der Waals surface area contributed by atoms with Crippen molar-refractivity contribution in [1.29, 1.82) is 0 Å². The van der Waals surface area contributed by atoms with E-state index >= 15 is 0 Å². The highest BCUT2D eigenvalue weighted by atomic mass is 32.2. The molecule has 0 saturated heterocycles. The molecule has 0 saturated carbocycles. The van der Waals surface area contributed by atoms with Gasteiger partial charge in [-0.15, -0.1) is 0 Å². The first-order valence-corrected chi connectivity index (χ1v) is 8.88. The molecule has 1 unspecified atom stereocenters. The maximum absolute atomic E-state index is 12.4. The Morgan fingerprint density at radius 3 is 2.32 bits per heavy atom. The number of rotatable bonds is 5. The monoisotopic (exact) mass is 318 g/mol. The maximum atomic E-state index is 12.4. The summed E-state index contributed by atoms with van der Waals surface area (Å²) in [5, 5.41) is 0. The summed E-state index contributed by atoms with van der Waals surface area (Å²) in [6.07, 6.45) is 1.02. The zero-order valence-corrected chi connectivity index (χ0v) is 14.2. The molecular formula is C17H22N2O2S. The lowest BCUT2D eigenvalue weighted by atomic mass is 9.99. The summed E-state index contributed by atoms with van der Waals surface area (Å²) in [5.74, 6) is 0.773. The van der Waals surface area contributed by atoms with E-state index < -0.39 is 10.0 Å². The number of sulfonamides is 1. The zero-order chi connectivity index (χ0) is 16.3. The lowest BCUT2D eigenvalue weighted by Crippen LogP contribution is -2.14. The highest BCUT2D eigenvalue weighted by Crippen LogP contribution is 2.22. The highest BCUT2D eigenvalue weighted by Gasteiger charge is 2.15. The second-order valence-electron chi connectivity index (χ2n) is 5.65. The molecule has 0 aliphatic carbocycles. The van der Waals surface area contributed by atoms with Crippen molar-refractivity contribution in [2.75, 3.05) is 4.72 Å². The van der Waals surface area contributed by atoms with Gasteiger partial charge in [0.15, 0.2) is 0 Å². The minimum atomic E-state index is -3.61. The minimum Gasteiger partial charge on any atom is -0.263 e. The van der Waals surface area contributed by atoms with E-state index in [0.29, 0.717) is 11.7 Å². The first-order valence-electron chi connectivity index (χ1n) is 7.40. The fraction of sp³-hybridized carbons (Fsp3) is 0.353. The van der Waals surface area contributed by atoms with Crippen LogP contribution in [0, 0.1) is 13.8 Å². The Kier molecular flexibility index (Phi) is 4.86. The van der Waals surface area contributed by atoms with Crippen LogP contribution >= 0.6 is 0 Å². The van der Waals surface area contributed by atoms with Crippen LogP contribution in [0.1, 0.15) is 43.0 Å². The van der Waals surface area contributed by atoms with Crippen molar-refractivity contribution in [3.63, 3.8) is 0 Å². The first kappa shape index (κ1) is 16.5. The van der Waals surface area contributed by atoms with E-state index in [4.69, 9.17) is 0 Å². The number of nitrogens with one attached hydrogen (secondary N) is 1. The Hall–Kier alpha value is -1.88. The summed E-state index contributed by atoms with van der Waals surface area (Å²) in [5.41, 5.74) is 2.90. The van der Waals surface area contributed by atoms with Gasteiger partial charge < -0.3 is 0 Å². The van der Waals surface area contributed by atoms with Gasteiger partial charge in [0.25, 0.3) is 10.0 Å². The number of hydrogen-bond acceptors (Lipinski definition) is 3. The average Bonchev–Trinajstić information content (AvgIpc) is 2.45. The molecule has 0 aliphatic heterocycles. The zero-order valence-electron chi connectivity index (χ0n) is 13.4. The van der Waals surface area contributed by atoms with Crippen molar-refractivity contribution in [2.45, 2.75) is 44.9 Å². The van der Waals surface area contributed by atoms with Gasteiger partial charge in [-0.05, 0) is 61.6 Å². The van der Waals surface area contributed by atoms with Crippen molar-refractivity contribution >= 4 is 15.8 Å². The molecule has 1 atom stereocenters. The van der Waals surface area contributed by atoms with Crippen LogP contribution in [0.25, 0.3) is 0 Å². The number of aromatic nitrogens is 1. The quantitative estimate of drug-likeness (QED) is 0.906. The number of anilines is 1. The summed E-state index contributed by atoms with van der Waals surface area (Å²) in [7, 11) is -3.61. The Labute approximate surface area is 132 Å². The highest BCUT2D eigenvalue weighted by molar-refractivity contribution is 7.92. The van der Waals surface area contributed by atoms with Gasteiger partial charge in [0.1, 0.15) is 5.82 Å². The first-order chi connectivity index (χ1) is 10.3. The predicted molar refractivity (Wildman–Crippen MR) is 89.7 cm³/mol. The smallest absolute Gasteiger partial charge is 0.263 e. The van der Waals surface area contributed by atoms with E-state index in [0.717, 1.165) is 23.2 Å². The van der Waals surface area contributed by atoms with Gasteiger partial charge in [-0.3, -0.25) is 4.72 Å². The van der Waals surface area contributed by atoms with Crippen LogP contribution in [0.4, 0.5) is 5.82 Å². The van der Waals surface area contributed by atoms with Gasteiger partial charge in [-0.25, -0.2) is 13.4 Å². The second-order valence-corrected chi connectivity index (χ2v) is 7.34. The molecule has 2 aromatic rings. The lowest BCUT2D eigenvalue weighted by Gasteiger charge is -2.11. The summed E-state index contributed by atoms with van der Waals surface area (Å²) < 4.78 is 27.4. The van der Waals surface area contributed by atoms with Gasteiger partial charge in [0.2, 0.25) is 0 Å². The van der Waals surface area contributed by atoms with Gasteiger partial charge in [0.05, 0.1) is 4.90 Å². The third kappa shape index (κ3) is 3.85. The predicted octanol–water partition coefficient (Wildman–Crippen LogP) is 4.01. The second kappa shape index (κ2) is 6.48. The van der Waals surface area contributed by atoms with Crippen molar-refractivity contribution in [3.8, 4) is 0 Å². The molecule has 22 heavy (non-hydrogen) atoms. The Morgan fingerprint density at radius 2 is 1.77 bits per heavy atom. The Balaban J connectivity index is 2.26. The molecule has 0 radical (unpaired) electrons. The summed E-state index contributed by atoms with van der Waals surface area (Å²) in [6.45, 7) is 7.99. The minimum absolute atomic E-state index is 0.250. The summed E-state index contributed by atoms with van der Waals surface area (Å²) in [4.78, 5) is 4.46. The number of hydrogen-bond donors (Lipinski definition) is 1. The molecule has 2 rings (SSSR count). The van der Waals surface area contributed by atoms with E-state index in [1.807, 2.05) is 32.0 Å². The fourth-order valence-corrected chi connectivity index (χ4v) is 3.29. The van der Waals surface area contributed by atoms with Crippen molar-refractivity contribution in [1.82, 2.24) is 4.98 Å². The molecule has 0 spiro atoms. The van der Waals surface area contributed by atoms with Crippen LogP contribution in [0.5, 0.6) is 0 Å². The van der Waals surface area contributed by atoms with Crippen molar-refractivity contribution in [2.24, 2.45) is 0 Å². The van der Waals surface area contributed by atoms with Crippen molar-refractivity contribution < 1.29 is 8.42 Å². The maximum Gasteiger partial charge on any atom is 0.263 e. The van der Waals surface area contributed by atoms with Crippen LogP contribution in [-0.4, -0.2) is 13.4 Å². The van der Waals surface area contributed by atoms with Crippen LogP contribution in [0.2, 0.25) is 0 Å². The Bertz CT molecular complexity index is 732. The molecule has 5 heteroatoms. The summed E-state index contributed by atoms with van der Waals surface area (Å²) in [6, 6.07) is 10.7. The normalized spacial score (nSPS) is 12.9. The molecule has 1 aromatic heterocycles.